The highest BCUT2D eigenvalue weighted by Crippen LogP contribution is 2.29. The fourth-order valence-corrected chi connectivity index (χ4v) is 9.13. The number of rotatable bonds is 15. The highest BCUT2D eigenvalue weighted by Gasteiger charge is 2.26. The number of piperazine rings is 2. The van der Waals surface area contributed by atoms with Crippen molar-refractivity contribution in [3.05, 3.63) is 142 Å². The number of thioether (sulfide) groups is 1. The van der Waals surface area contributed by atoms with E-state index in [2.05, 4.69) is 91.0 Å². The SMILES string of the molecule is CC(C)(C)OC(=O)N1CCN(CCCCSc2ccccc2)CC1.CO[N+](=O)c1cc(SNC(=O)c2ccc(N3CCN(Cc4ccccc4-c4ccc(Cl)cc4)CC3)cc2)ccc1N. The van der Waals surface area contributed by atoms with Gasteiger partial charge in [0.15, 0.2) is 7.11 Å². The van der Waals surface area contributed by atoms with Gasteiger partial charge in [-0.15, -0.1) is 11.8 Å². The molecule has 65 heavy (non-hydrogen) atoms. The summed E-state index contributed by atoms with van der Waals surface area (Å²) in [5.74, 6) is 0.942. The minimum atomic E-state index is -0.412. The van der Waals surface area contributed by atoms with Crippen LogP contribution < -0.4 is 15.4 Å². The molecule has 15 heteroatoms. The van der Waals surface area contributed by atoms with E-state index in [1.54, 1.807) is 18.2 Å². The molecule has 2 aliphatic heterocycles. The lowest BCUT2D eigenvalue weighted by atomic mass is 9.99. The van der Waals surface area contributed by atoms with Gasteiger partial charge in [-0.25, -0.2) is 9.63 Å². The Morgan fingerprint density at radius 3 is 2.11 bits per heavy atom. The minimum absolute atomic E-state index is 0.179. The van der Waals surface area contributed by atoms with Crippen LogP contribution in [0.4, 0.5) is 21.9 Å². The van der Waals surface area contributed by atoms with E-state index in [-0.39, 0.29) is 23.4 Å². The summed E-state index contributed by atoms with van der Waals surface area (Å²) < 4.78 is 8.25. The Balaban J connectivity index is 0.000000248. The van der Waals surface area contributed by atoms with Crippen LogP contribution >= 0.6 is 35.3 Å². The molecule has 0 saturated carbocycles. The molecular weight excluding hydrogens is 878 g/mol. The van der Waals surface area contributed by atoms with E-state index in [9.17, 15) is 14.5 Å². The molecule has 0 spiro atoms. The number of carbonyl (C=O) groups is 2. The molecule has 2 heterocycles. The fourth-order valence-electron chi connectivity index (χ4n) is 7.43. The lowest BCUT2D eigenvalue weighted by Crippen LogP contribution is -2.50. The molecule has 0 unspecified atom stereocenters. The summed E-state index contributed by atoms with van der Waals surface area (Å²) in [7, 11) is 1.26. The van der Waals surface area contributed by atoms with Gasteiger partial charge in [0.05, 0.1) is 4.91 Å². The molecule has 0 atom stereocenters. The molecule has 5 aromatic rings. The van der Waals surface area contributed by atoms with Crippen LogP contribution in [0.15, 0.2) is 131 Å². The van der Waals surface area contributed by atoms with Crippen molar-refractivity contribution in [3.8, 4) is 11.1 Å². The standard InChI is InChI=1S/C31H30ClN5O3S.C19H30N2O2S/c1-40-37(39)30-20-27(14-15-29(30)33)41-34-31(38)23-8-12-26(13-9-23)36-18-16-35(17-19-36)21-24-4-2-3-5-28(24)22-6-10-25(32)11-7-22;1-19(2,3)23-18(22)21-14-12-20(13-15-21)11-7-8-16-24-17-9-5-4-6-10-17/h2-15,20H,16-19,21H2,1H3,(H2-,33,34,38,39);4-6,9-10H,7-8,11-16H2,1-3H3/p+1. The van der Waals surface area contributed by atoms with Gasteiger partial charge >= 0.3 is 11.8 Å². The molecule has 7 rings (SSSR count). The van der Waals surface area contributed by atoms with Gasteiger partial charge in [0.1, 0.15) is 11.3 Å². The second-order valence-electron chi connectivity index (χ2n) is 16.8. The van der Waals surface area contributed by atoms with E-state index in [0.717, 1.165) is 88.1 Å². The lowest BCUT2D eigenvalue weighted by Gasteiger charge is -2.36. The van der Waals surface area contributed by atoms with Gasteiger partial charge in [0, 0.05) is 91.0 Å². The highest BCUT2D eigenvalue weighted by molar-refractivity contribution is 7.99. The van der Waals surface area contributed by atoms with Crippen LogP contribution in [0.5, 0.6) is 0 Å². The molecule has 12 nitrogen and oxygen atoms in total. The third-order valence-electron chi connectivity index (χ3n) is 11.0. The number of amides is 2. The van der Waals surface area contributed by atoms with Crippen molar-refractivity contribution in [3.63, 3.8) is 0 Å². The highest BCUT2D eigenvalue weighted by atomic mass is 35.5. The first-order chi connectivity index (χ1) is 31.3. The number of nitrogens with two attached hydrogens (primary N) is 1. The van der Waals surface area contributed by atoms with E-state index < -0.39 is 5.60 Å². The number of anilines is 2. The van der Waals surface area contributed by atoms with Gasteiger partial charge in [0.25, 0.3) is 10.8 Å². The van der Waals surface area contributed by atoms with Crippen molar-refractivity contribution in [2.24, 2.45) is 0 Å². The first-order valence-electron chi connectivity index (χ1n) is 22.0. The predicted octanol–water partition coefficient (Wildman–Crippen LogP) is 10.4. The zero-order chi connectivity index (χ0) is 46.2. The summed E-state index contributed by atoms with van der Waals surface area (Å²) in [5.41, 5.74) is 11.2. The van der Waals surface area contributed by atoms with Crippen LogP contribution in [0, 0.1) is 4.91 Å². The van der Waals surface area contributed by atoms with Crippen molar-refractivity contribution in [2.45, 2.75) is 55.5 Å². The first-order valence-corrected chi connectivity index (χ1v) is 24.2. The zero-order valence-corrected chi connectivity index (χ0v) is 40.2. The Morgan fingerprint density at radius 2 is 1.43 bits per heavy atom. The third-order valence-corrected chi connectivity index (χ3v) is 13.1. The zero-order valence-electron chi connectivity index (χ0n) is 37.8. The number of hydrogen-bond donors (Lipinski definition) is 2. The monoisotopic (exact) mass is 938 g/mol. The van der Waals surface area contributed by atoms with Gasteiger partial charge in [-0.3, -0.25) is 19.3 Å². The van der Waals surface area contributed by atoms with Crippen LogP contribution in [-0.4, -0.2) is 109 Å². The number of benzene rings is 5. The molecule has 2 fully saturated rings. The first kappa shape index (κ1) is 49.2. The predicted molar refractivity (Wildman–Crippen MR) is 266 cm³/mol. The summed E-state index contributed by atoms with van der Waals surface area (Å²) in [6.07, 6.45) is 2.26. The maximum Gasteiger partial charge on any atom is 0.410 e. The van der Waals surface area contributed by atoms with Crippen LogP contribution in [0.3, 0.4) is 0 Å². The Hall–Kier alpha value is -5.25. The Morgan fingerprint density at radius 1 is 0.769 bits per heavy atom. The quantitative estimate of drug-likeness (QED) is 0.0343. The minimum Gasteiger partial charge on any atom is -0.444 e. The number of hydrogen-bond acceptors (Lipinski definition) is 11. The number of ether oxygens (including phenoxy) is 1. The van der Waals surface area contributed by atoms with Crippen molar-refractivity contribution >= 4 is 64.4 Å². The Kier molecular flexibility index (Phi) is 18.4. The summed E-state index contributed by atoms with van der Waals surface area (Å²) >= 11 is 9.13. The summed E-state index contributed by atoms with van der Waals surface area (Å²) in [6.45, 7) is 14.9. The number of unbranched alkanes of at least 4 members (excludes halogenated alkanes) is 1. The number of nitrogens with one attached hydrogen (secondary N) is 1. The maximum atomic E-state index is 12.7. The van der Waals surface area contributed by atoms with Gasteiger partial charge < -0.3 is 20.3 Å². The maximum absolute atomic E-state index is 12.7. The molecular formula is C50H61ClN7O5S2+. The van der Waals surface area contributed by atoms with Crippen LogP contribution in [0.2, 0.25) is 5.02 Å². The normalized spacial score (nSPS) is 14.5. The van der Waals surface area contributed by atoms with E-state index in [0.29, 0.717) is 15.4 Å². The summed E-state index contributed by atoms with van der Waals surface area (Å²) in [6, 6.07) is 39.6. The second kappa shape index (κ2) is 24.3. The number of carbonyl (C=O) groups excluding carboxylic acids is 2. The van der Waals surface area contributed by atoms with Crippen molar-refractivity contribution < 1.29 is 24.1 Å². The van der Waals surface area contributed by atoms with E-state index in [1.165, 1.54) is 47.3 Å². The number of nitrogens with zero attached hydrogens (tertiary/aromatic N) is 5. The average molecular weight is 940 g/mol. The fraction of sp³-hybridized carbons (Fsp3) is 0.360. The largest absolute Gasteiger partial charge is 0.444 e. The molecule has 2 aliphatic rings. The molecule has 5 aromatic carbocycles. The topological polar surface area (TPSA) is 124 Å². The molecule has 0 radical (unpaired) electrons. The molecule has 3 N–H and O–H groups in total. The molecule has 0 aromatic heterocycles. The molecule has 344 valence electrons. The average Bonchev–Trinajstić information content (AvgIpc) is 3.32. The molecule has 0 bridgehead atoms. The van der Waals surface area contributed by atoms with E-state index >= 15 is 0 Å². The number of halogens is 1. The van der Waals surface area contributed by atoms with Crippen molar-refractivity contribution in [1.29, 1.82) is 0 Å². The van der Waals surface area contributed by atoms with Crippen molar-refractivity contribution in [1.82, 2.24) is 19.4 Å². The van der Waals surface area contributed by atoms with Crippen molar-refractivity contribution in [2.75, 3.05) is 82.4 Å². The smallest absolute Gasteiger partial charge is 0.410 e. The van der Waals surface area contributed by atoms with E-state index in [1.807, 2.05) is 73.8 Å². The summed E-state index contributed by atoms with van der Waals surface area (Å²) in [5, 5.41) is 0.739. The second-order valence-corrected chi connectivity index (χ2v) is 19.3. The van der Waals surface area contributed by atoms with Gasteiger partial charge in [-0.05, 0) is 135 Å². The lowest BCUT2D eigenvalue weighted by molar-refractivity contribution is -0.736. The molecule has 2 saturated heterocycles. The molecule has 2 amide bonds. The molecule has 0 aliphatic carbocycles. The van der Waals surface area contributed by atoms with Crippen LogP contribution in [0.1, 0.15) is 49.5 Å². The number of nitrogen functional groups attached to an aromatic ring is 1. The third kappa shape index (κ3) is 15.4. The van der Waals surface area contributed by atoms with Gasteiger partial charge in [-0.2, -0.15) is 0 Å². The Labute approximate surface area is 397 Å². The van der Waals surface area contributed by atoms with Crippen LogP contribution in [0.25, 0.3) is 11.1 Å². The van der Waals surface area contributed by atoms with Gasteiger partial charge in [-0.1, -0.05) is 66.2 Å². The summed E-state index contributed by atoms with van der Waals surface area (Å²) in [4.78, 5) is 52.7. The van der Waals surface area contributed by atoms with Crippen LogP contribution in [-0.2, 0) is 16.1 Å². The Bertz CT molecular complexity index is 2300. The van der Waals surface area contributed by atoms with E-state index in [4.69, 9.17) is 22.1 Å². The van der Waals surface area contributed by atoms with Gasteiger partial charge in [0.2, 0.25) is 0 Å².